The minimum atomic E-state index is -3.90. The molecule has 3 aromatic rings. The van der Waals surface area contributed by atoms with Gasteiger partial charge in [-0.05, 0) is 47.0 Å². The second-order valence-electron chi connectivity index (χ2n) is 7.78. The first-order chi connectivity index (χ1) is 15.4. The quantitative estimate of drug-likeness (QED) is 0.454. The van der Waals surface area contributed by atoms with E-state index < -0.39 is 22.0 Å². The Morgan fingerprint density at radius 2 is 1.81 bits per heavy atom. The number of hydrogen-bond donors (Lipinski definition) is 1. The van der Waals surface area contributed by atoms with Gasteiger partial charge in [-0.3, -0.25) is 4.79 Å². The highest BCUT2D eigenvalue weighted by molar-refractivity contribution is 7.89. The summed E-state index contributed by atoms with van der Waals surface area (Å²) in [5.74, 6) is 0.639. The van der Waals surface area contributed by atoms with Crippen LogP contribution in [0.25, 0.3) is 10.8 Å². The van der Waals surface area contributed by atoms with E-state index in [4.69, 9.17) is 14.2 Å². The third-order valence-corrected chi connectivity index (χ3v) is 7.90. The van der Waals surface area contributed by atoms with Crippen molar-refractivity contribution in [2.24, 2.45) is 0 Å². The topological polar surface area (TPSA) is 82.1 Å². The fourth-order valence-electron chi connectivity index (χ4n) is 4.01. The van der Waals surface area contributed by atoms with Gasteiger partial charge in [0.25, 0.3) is 0 Å². The van der Waals surface area contributed by atoms with Crippen LogP contribution >= 0.6 is 12.6 Å². The second-order valence-corrected chi connectivity index (χ2v) is 10.4. The van der Waals surface area contributed by atoms with Gasteiger partial charge < -0.3 is 14.2 Å². The predicted molar refractivity (Wildman–Crippen MR) is 121 cm³/mol. The van der Waals surface area contributed by atoms with Crippen molar-refractivity contribution in [3.05, 3.63) is 66.2 Å². The molecule has 2 heterocycles. The number of sulfonamides is 1. The number of rotatable bonds is 5. The van der Waals surface area contributed by atoms with E-state index >= 15 is 0 Å². The number of fused-ring (bicyclic) bond motifs is 2. The summed E-state index contributed by atoms with van der Waals surface area (Å²) in [4.78, 5) is 13.0. The lowest BCUT2D eigenvalue weighted by Gasteiger charge is -2.23. The van der Waals surface area contributed by atoms with Crippen molar-refractivity contribution in [1.82, 2.24) is 4.31 Å². The van der Waals surface area contributed by atoms with Gasteiger partial charge in [0, 0.05) is 11.8 Å². The van der Waals surface area contributed by atoms with Crippen LogP contribution in [0.3, 0.4) is 0 Å². The van der Waals surface area contributed by atoms with Gasteiger partial charge in [-0.25, -0.2) is 8.42 Å². The van der Waals surface area contributed by atoms with Crippen molar-refractivity contribution in [3.8, 4) is 11.5 Å². The zero-order valence-electron chi connectivity index (χ0n) is 17.0. The largest absolute Gasteiger partial charge is 0.460 e. The number of ether oxygens (including phenoxy) is 3. The molecule has 1 saturated heterocycles. The molecule has 9 heteroatoms. The fourth-order valence-corrected chi connectivity index (χ4v) is 6.16. The first kappa shape index (κ1) is 21.1. The number of carbonyl (C=O) groups is 1. The number of thiol groups is 1. The van der Waals surface area contributed by atoms with Gasteiger partial charge in [-0.1, -0.05) is 36.4 Å². The third-order valence-electron chi connectivity index (χ3n) is 5.65. The summed E-state index contributed by atoms with van der Waals surface area (Å²) in [5.41, 5.74) is 0.729. The van der Waals surface area contributed by atoms with Crippen LogP contribution in [0.2, 0.25) is 0 Å². The summed E-state index contributed by atoms with van der Waals surface area (Å²) in [6.45, 7) is 0.306. The maximum absolute atomic E-state index is 13.4. The molecule has 1 fully saturated rings. The Kier molecular flexibility index (Phi) is 5.48. The Balaban J connectivity index is 1.35. The fraction of sp³-hybridized carbons (Fsp3) is 0.261. The Bertz CT molecular complexity index is 1290. The van der Waals surface area contributed by atoms with Crippen LogP contribution in [-0.4, -0.2) is 43.3 Å². The van der Waals surface area contributed by atoms with Crippen LogP contribution in [-0.2, 0) is 26.2 Å². The molecule has 0 unspecified atom stereocenters. The zero-order valence-corrected chi connectivity index (χ0v) is 18.7. The number of carbonyl (C=O) groups excluding carboxylic acids is 1. The standard InChI is InChI=1S/C23H21NO6S2/c25-23(28-13-15-5-8-21-22(9-15)30-14-29-21)20-11-18(31)12-24(20)32(26,27)19-7-6-16-3-1-2-4-17(16)10-19/h1-10,18,20,31H,11-14H2/t18-,20-/m0/s1. The van der Waals surface area contributed by atoms with Crippen molar-refractivity contribution in [2.75, 3.05) is 13.3 Å². The Morgan fingerprint density at radius 3 is 2.66 bits per heavy atom. The van der Waals surface area contributed by atoms with E-state index in [-0.39, 0.29) is 36.5 Å². The minimum absolute atomic E-state index is 0.00702. The van der Waals surface area contributed by atoms with Crippen LogP contribution in [0.5, 0.6) is 11.5 Å². The number of hydrogen-bond acceptors (Lipinski definition) is 7. The van der Waals surface area contributed by atoms with E-state index in [1.807, 2.05) is 24.3 Å². The Hall–Kier alpha value is -2.75. The summed E-state index contributed by atoms with van der Waals surface area (Å²) < 4.78 is 44.1. The van der Waals surface area contributed by atoms with Crippen molar-refractivity contribution >= 4 is 39.4 Å². The molecule has 3 aromatic carbocycles. The monoisotopic (exact) mass is 471 g/mol. The highest BCUT2D eigenvalue weighted by atomic mass is 32.2. The van der Waals surface area contributed by atoms with Crippen LogP contribution in [0.4, 0.5) is 0 Å². The molecule has 5 rings (SSSR count). The van der Waals surface area contributed by atoms with E-state index in [0.29, 0.717) is 11.5 Å². The Morgan fingerprint density at radius 1 is 1.03 bits per heavy atom. The highest BCUT2D eigenvalue weighted by Crippen LogP contribution is 2.34. The summed E-state index contributed by atoms with van der Waals surface area (Å²) >= 11 is 4.45. The molecule has 7 nitrogen and oxygen atoms in total. The molecule has 0 bridgehead atoms. The molecule has 0 amide bonds. The van der Waals surface area contributed by atoms with E-state index in [0.717, 1.165) is 16.3 Å². The van der Waals surface area contributed by atoms with E-state index in [9.17, 15) is 13.2 Å². The maximum Gasteiger partial charge on any atom is 0.324 e. The van der Waals surface area contributed by atoms with Gasteiger partial charge >= 0.3 is 5.97 Å². The van der Waals surface area contributed by atoms with Gasteiger partial charge in [-0.2, -0.15) is 16.9 Å². The number of esters is 1. The molecule has 2 aliphatic rings. The van der Waals surface area contributed by atoms with Gasteiger partial charge in [0.1, 0.15) is 12.6 Å². The van der Waals surface area contributed by atoms with Crippen molar-refractivity contribution in [1.29, 1.82) is 0 Å². The summed E-state index contributed by atoms with van der Waals surface area (Å²) in [6, 6.07) is 16.8. The van der Waals surface area contributed by atoms with Crippen LogP contribution in [0.1, 0.15) is 12.0 Å². The van der Waals surface area contributed by atoms with Crippen LogP contribution in [0.15, 0.2) is 65.6 Å². The number of nitrogens with zero attached hydrogens (tertiary/aromatic N) is 1. The van der Waals surface area contributed by atoms with Crippen LogP contribution < -0.4 is 9.47 Å². The molecular weight excluding hydrogens is 450 g/mol. The van der Waals surface area contributed by atoms with E-state index in [2.05, 4.69) is 12.6 Å². The lowest BCUT2D eigenvalue weighted by molar-refractivity contribution is -0.148. The SMILES string of the molecule is O=C(OCc1ccc2c(c1)OCO2)[C@@H]1C[C@H](S)CN1S(=O)(=O)c1ccc2ccccc2c1. The normalized spacial score (nSPS) is 20.5. The molecule has 0 N–H and O–H groups in total. The number of benzene rings is 3. The molecule has 2 atom stereocenters. The summed E-state index contributed by atoms with van der Waals surface area (Å²) in [7, 11) is -3.90. The average Bonchev–Trinajstić information content (AvgIpc) is 3.43. The molecule has 0 spiro atoms. The van der Waals surface area contributed by atoms with Crippen LogP contribution in [0, 0.1) is 0 Å². The molecule has 2 aliphatic heterocycles. The first-order valence-electron chi connectivity index (χ1n) is 10.2. The summed E-state index contributed by atoms with van der Waals surface area (Å²) in [6.07, 6.45) is 0.288. The minimum Gasteiger partial charge on any atom is -0.460 e. The first-order valence-corrected chi connectivity index (χ1v) is 12.1. The van der Waals surface area contributed by atoms with Crippen molar-refractivity contribution < 1.29 is 27.4 Å². The van der Waals surface area contributed by atoms with Gasteiger partial charge in [0.15, 0.2) is 11.5 Å². The predicted octanol–water partition coefficient (Wildman–Crippen LogP) is 3.37. The van der Waals surface area contributed by atoms with Crippen molar-refractivity contribution in [3.63, 3.8) is 0 Å². The smallest absolute Gasteiger partial charge is 0.324 e. The lowest BCUT2D eigenvalue weighted by Crippen LogP contribution is -2.41. The summed E-state index contributed by atoms with van der Waals surface area (Å²) in [5, 5.41) is 1.50. The highest BCUT2D eigenvalue weighted by Gasteiger charge is 2.44. The zero-order chi connectivity index (χ0) is 22.3. The molecule has 0 aliphatic carbocycles. The lowest BCUT2D eigenvalue weighted by atomic mass is 10.1. The van der Waals surface area contributed by atoms with Gasteiger partial charge in [0.05, 0.1) is 4.90 Å². The maximum atomic E-state index is 13.4. The van der Waals surface area contributed by atoms with Gasteiger partial charge in [-0.15, -0.1) is 0 Å². The van der Waals surface area contributed by atoms with E-state index in [1.165, 1.54) is 4.31 Å². The Labute approximate surface area is 191 Å². The van der Waals surface area contributed by atoms with E-state index in [1.54, 1.807) is 36.4 Å². The average molecular weight is 472 g/mol. The third kappa shape index (κ3) is 3.92. The molecule has 0 radical (unpaired) electrons. The van der Waals surface area contributed by atoms with Crippen molar-refractivity contribution in [2.45, 2.75) is 29.2 Å². The second kappa shape index (κ2) is 8.31. The molecule has 0 aromatic heterocycles. The molecular formula is C23H21NO6S2. The molecule has 0 saturated carbocycles. The molecule has 32 heavy (non-hydrogen) atoms. The molecule has 166 valence electrons. The van der Waals surface area contributed by atoms with Gasteiger partial charge in [0.2, 0.25) is 16.8 Å².